The molecule has 29 heavy (non-hydrogen) atoms. The summed E-state index contributed by atoms with van der Waals surface area (Å²) in [6.07, 6.45) is 5.51. The number of carbonyl (C=O) groups excluding carboxylic acids is 1. The molecule has 9 nitrogen and oxygen atoms in total. The van der Waals surface area contributed by atoms with Crippen molar-refractivity contribution in [3.05, 3.63) is 54.1 Å². The first-order valence-electron chi connectivity index (χ1n) is 9.46. The molecule has 3 aromatic rings. The monoisotopic (exact) mass is 416 g/mol. The lowest BCUT2D eigenvalue weighted by molar-refractivity contribution is 0.0905. The van der Waals surface area contributed by atoms with Crippen LogP contribution in [0.1, 0.15) is 48.9 Å². The van der Waals surface area contributed by atoms with Crippen molar-refractivity contribution in [3.63, 3.8) is 0 Å². The minimum absolute atomic E-state index is 0. The second-order valence-corrected chi connectivity index (χ2v) is 7.53. The Morgan fingerprint density at radius 3 is 2.55 bits per heavy atom. The van der Waals surface area contributed by atoms with Crippen molar-refractivity contribution in [2.75, 3.05) is 13.1 Å². The van der Waals surface area contributed by atoms with Crippen LogP contribution in [0.15, 0.2) is 42.7 Å². The number of benzene rings is 1. The van der Waals surface area contributed by atoms with Crippen molar-refractivity contribution in [3.8, 4) is 5.69 Å². The molecule has 1 aliphatic rings. The number of aromatic nitrogens is 6. The number of hydrogen-bond acceptors (Lipinski definition) is 6. The molecule has 154 valence electrons. The summed E-state index contributed by atoms with van der Waals surface area (Å²) in [5.41, 5.74) is 1.17. The van der Waals surface area contributed by atoms with Crippen molar-refractivity contribution in [1.82, 2.24) is 40.6 Å². The standard InChI is InChI=1S/C19H24N8O.ClH/c1-19(2,17-13-27(25-23-17)14-6-4-3-5-7-14)21-18(28)16-12-26(24-22-16)15-8-10-20-11-9-15;/h3-7,12-13,15,20H,8-11H2,1-2H3,(H,21,28);1H. The molecule has 0 bridgehead atoms. The molecular weight excluding hydrogens is 392 g/mol. The summed E-state index contributed by atoms with van der Waals surface area (Å²) in [5.74, 6) is -0.278. The van der Waals surface area contributed by atoms with Crippen molar-refractivity contribution >= 4 is 18.3 Å². The molecule has 1 aliphatic heterocycles. The van der Waals surface area contributed by atoms with E-state index in [0.29, 0.717) is 11.4 Å². The Morgan fingerprint density at radius 1 is 1.10 bits per heavy atom. The predicted octanol–water partition coefficient (Wildman–Crippen LogP) is 1.87. The molecule has 2 N–H and O–H groups in total. The third kappa shape index (κ3) is 4.63. The van der Waals surface area contributed by atoms with Gasteiger partial charge in [0.2, 0.25) is 0 Å². The van der Waals surface area contributed by atoms with Crippen LogP contribution in [0.4, 0.5) is 0 Å². The molecule has 0 radical (unpaired) electrons. The predicted molar refractivity (Wildman–Crippen MR) is 110 cm³/mol. The molecular formula is C19H25ClN8O. The van der Waals surface area contributed by atoms with Crippen molar-refractivity contribution in [1.29, 1.82) is 0 Å². The van der Waals surface area contributed by atoms with Gasteiger partial charge in [-0.25, -0.2) is 9.36 Å². The maximum Gasteiger partial charge on any atom is 0.274 e. The van der Waals surface area contributed by atoms with Gasteiger partial charge in [-0.05, 0) is 51.9 Å². The van der Waals surface area contributed by atoms with Crippen LogP contribution in [-0.2, 0) is 5.54 Å². The van der Waals surface area contributed by atoms with Crippen LogP contribution >= 0.6 is 12.4 Å². The maximum atomic E-state index is 12.7. The molecule has 0 saturated carbocycles. The summed E-state index contributed by atoms with van der Waals surface area (Å²) < 4.78 is 3.49. The van der Waals surface area contributed by atoms with Gasteiger partial charge in [-0.1, -0.05) is 28.6 Å². The van der Waals surface area contributed by atoms with Gasteiger partial charge in [-0.2, -0.15) is 0 Å². The summed E-state index contributed by atoms with van der Waals surface area (Å²) in [5, 5.41) is 22.9. The van der Waals surface area contributed by atoms with Crippen LogP contribution in [0, 0.1) is 0 Å². The SMILES string of the molecule is CC(C)(NC(=O)c1cn(C2CCNCC2)nn1)c1cn(-c2ccccc2)nn1.Cl. The van der Waals surface area contributed by atoms with Crippen molar-refractivity contribution < 1.29 is 4.79 Å². The molecule has 0 spiro atoms. The molecule has 4 rings (SSSR count). The summed E-state index contributed by atoms with van der Waals surface area (Å²) in [6.45, 7) is 5.69. The van der Waals surface area contributed by atoms with E-state index in [1.807, 2.05) is 50.4 Å². The average Bonchev–Trinajstić information content (AvgIpc) is 3.40. The molecule has 0 unspecified atom stereocenters. The lowest BCUT2D eigenvalue weighted by Crippen LogP contribution is -2.41. The molecule has 1 fully saturated rings. The zero-order chi connectivity index (χ0) is 19.6. The Hall–Kier alpha value is -2.78. The molecule has 0 atom stereocenters. The van der Waals surface area contributed by atoms with E-state index in [4.69, 9.17) is 0 Å². The molecule has 0 aliphatic carbocycles. The van der Waals surface area contributed by atoms with Crippen molar-refractivity contribution in [2.24, 2.45) is 0 Å². The largest absolute Gasteiger partial charge is 0.340 e. The number of amides is 1. The summed E-state index contributed by atoms with van der Waals surface area (Å²) in [6, 6.07) is 10.0. The number of rotatable bonds is 5. The molecule has 1 aromatic carbocycles. The Balaban J connectivity index is 0.00000240. The Kier molecular flexibility index (Phi) is 6.29. The van der Waals surface area contributed by atoms with Crippen LogP contribution in [0.2, 0.25) is 0 Å². The van der Waals surface area contributed by atoms with Crippen LogP contribution in [0.25, 0.3) is 5.69 Å². The van der Waals surface area contributed by atoms with E-state index < -0.39 is 5.54 Å². The highest BCUT2D eigenvalue weighted by Crippen LogP contribution is 2.20. The normalized spacial score (nSPS) is 15.0. The maximum absolute atomic E-state index is 12.7. The smallest absolute Gasteiger partial charge is 0.274 e. The number of nitrogens with one attached hydrogen (secondary N) is 2. The zero-order valence-electron chi connectivity index (χ0n) is 16.4. The fraction of sp³-hybridized carbons (Fsp3) is 0.421. The van der Waals surface area contributed by atoms with Gasteiger partial charge >= 0.3 is 0 Å². The van der Waals surface area contributed by atoms with Gasteiger partial charge in [-0.15, -0.1) is 22.6 Å². The minimum atomic E-state index is -0.706. The van der Waals surface area contributed by atoms with Gasteiger partial charge in [0.15, 0.2) is 5.69 Å². The molecule has 10 heteroatoms. The zero-order valence-corrected chi connectivity index (χ0v) is 17.3. The first-order valence-corrected chi connectivity index (χ1v) is 9.46. The lowest BCUT2D eigenvalue weighted by atomic mass is 10.0. The van der Waals surface area contributed by atoms with Crippen LogP contribution in [0.3, 0.4) is 0 Å². The van der Waals surface area contributed by atoms with Gasteiger partial charge in [0.1, 0.15) is 5.69 Å². The van der Waals surface area contributed by atoms with E-state index in [1.165, 1.54) is 0 Å². The van der Waals surface area contributed by atoms with E-state index in [9.17, 15) is 4.79 Å². The van der Waals surface area contributed by atoms with E-state index in [1.54, 1.807) is 15.6 Å². The van der Waals surface area contributed by atoms with E-state index in [2.05, 4.69) is 31.3 Å². The van der Waals surface area contributed by atoms with E-state index >= 15 is 0 Å². The van der Waals surface area contributed by atoms with Gasteiger partial charge < -0.3 is 10.6 Å². The molecule has 2 aromatic heterocycles. The van der Waals surface area contributed by atoms with Crippen molar-refractivity contribution in [2.45, 2.75) is 38.3 Å². The Bertz CT molecular complexity index is 946. The summed E-state index contributed by atoms with van der Waals surface area (Å²) in [4.78, 5) is 12.7. The summed E-state index contributed by atoms with van der Waals surface area (Å²) in [7, 11) is 0. The van der Waals surface area contributed by atoms with Crippen LogP contribution in [0.5, 0.6) is 0 Å². The number of hydrogen-bond donors (Lipinski definition) is 2. The highest BCUT2D eigenvalue weighted by atomic mass is 35.5. The number of nitrogens with zero attached hydrogens (tertiary/aromatic N) is 6. The van der Waals surface area contributed by atoms with Gasteiger partial charge in [0, 0.05) is 0 Å². The minimum Gasteiger partial charge on any atom is -0.340 e. The Labute approximate surface area is 175 Å². The third-order valence-electron chi connectivity index (χ3n) is 5.01. The number of para-hydroxylation sites is 1. The first kappa shape index (κ1) is 20.9. The second-order valence-electron chi connectivity index (χ2n) is 7.53. The number of halogens is 1. The molecule has 1 amide bonds. The lowest BCUT2D eigenvalue weighted by Gasteiger charge is -2.23. The fourth-order valence-corrected chi connectivity index (χ4v) is 3.30. The second kappa shape index (κ2) is 8.71. The quantitative estimate of drug-likeness (QED) is 0.658. The van der Waals surface area contributed by atoms with Gasteiger partial charge in [0.05, 0.1) is 29.7 Å². The fourth-order valence-electron chi connectivity index (χ4n) is 3.30. The van der Waals surface area contributed by atoms with Crippen LogP contribution in [-0.4, -0.2) is 49.0 Å². The third-order valence-corrected chi connectivity index (χ3v) is 5.01. The first-order chi connectivity index (χ1) is 13.5. The number of piperidine rings is 1. The topological polar surface area (TPSA) is 103 Å². The Morgan fingerprint density at radius 2 is 1.83 bits per heavy atom. The van der Waals surface area contributed by atoms with Gasteiger partial charge in [0.25, 0.3) is 5.91 Å². The highest BCUT2D eigenvalue weighted by Gasteiger charge is 2.28. The van der Waals surface area contributed by atoms with E-state index in [-0.39, 0.29) is 24.4 Å². The molecule has 1 saturated heterocycles. The van der Waals surface area contributed by atoms with Crippen LogP contribution < -0.4 is 10.6 Å². The summed E-state index contributed by atoms with van der Waals surface area (Å²) >= 11 is 0. The van der Waals surface area contributed by atoms with E-state index in [0.717, 1.165) is 31.6 Å². The number of carbonyl (C=O) groups is 1. The average molecular weight is 417 g/mol. The highest BCUT2D eigenvalue weighted by molar-refractivity contribution is 5.92. The molecule has 3 heterocycles. The van der Waals surface area contributed by atoms with Gasteiger partial charge in [-0.3, -0.25) is 4.79 Å².